The van der Waals surface area contributed by atoms with Crippen molar-refractivity contribution in [3.8, 4) is 0 Å². The highest BCUT2D eigenvalue weighted by molar-refractivity contribution is 7.92. The second kappa shape index (κ2) is 8.32. The molecule has 2 rings (SSSR count). The van der Waals surface area contributed by atoms with Crippen LogP contribution in [0.3, 0.4) is 0 Å². The summed E-state index contributed by atoms with van der Waals surface area (Å²) < 4.78 is 23.1. The first-order chi connectivity index (χ1) is 10.8. The fourth-order valence-electron chi connectivity index (χ4n) is 2.96. The van der Waals surface area contributed by atoms with Crippen molar-refractivity contribution in [3.63, 3.8) is 0 Å². The summed E-state index contributed by atoms with van der Waals surface area (Å²) >= 11 is 0. The molecule has 7 heteroatoms. The third-order valence-electron chi connectivity index (χ3n) is 4.63. The van der Waals surface area contributed by atoms with Crippen LogP contribution in [0.2, 0.25) is 0 Å². The Balaban J connectivity index is 0.00000288. The molecular formula is C17H27ClN2O3S. The number of nitrogens with one attached hydrogen (secondary N) is 2. The normalized spacial score (nSPS) is 17.2. The smallest absolute Gasteiger partial charge is 0.241 e. The lowest BCUT2D eigenvalue weighted by Crippen LogP contribution is -2.57. The van der Waals surface area contributed by atoms with Crippen LogP contribution < -0.4 is 10.6 Å². The van der Waals surface area contributed by atoms with E-state index >= 15 is 0 Å². The molecule has 1 aliphatic heterocycles. The minimum Gasteiger partial charge on any atom is -0.351 e. The van der Waals surface area contributed by atoms with Gasteiger partial charge in [0, 0.05) is 12.8 Å². The molecule has 0 aliphatic carbocycles. The molecular weight excluding hydrogens is 348 g/mol. The van der Waals surface area contributed by atoms with Crippen LogP contribution in [0.5, 0.6) is 0 Å². The topological polar surface area (TPSA) is 75.3 Å². The Bertz CT molecular complexity index is 651. The van der Waals surface area contributed by atoms with Gasteiger partial charge in [-0.1, -0.05) is 38.1 Å². The van der Waals surface area contributed by atoms with Gasteiger partial charge in [0.1, 0.15) is 0 Å². The van der Waals surface area contributed by atoms with E-state index in [-0.39, 0.29) is 18.3 Å². The van der Waals surface area contributed by atoms with Crippen molar-refractivity contribution in [1.82, 2.24) is 10.6 Å². The van der Waals surface area contributed by atoms with Gasteiger partial charge in [0.25, 0.3) is 0 Å². The van der Waals surface area contributed by atoms with Gasteiger partial charge >= 0.3 is 0 Å². The Hall–Kier alpha value is -1.11. The molecule has 0 atom stereocenters. The van der Waals surface area contributed by atoms with E-state index in [1.807, 2.05) is 24.3 Å². The molecule has 5 nitrogen and oxygen atoms in total. The number of carbonyl (C=O) groups is 1. The molecule has 0 radical (unpaired) electrons. The highest BCUT2D eigenvalue weighted by atomic mass is 35.5. The van der Waals surface area contributed by atoms with Crippen molar-refractivity contribution < 1.29 is 13.2 Å². The lowest BCUT2D eigenvalue weighted by Gasteiger charge is -2.34. The number of hydrogen-bond acceptors (Lipinski definition) is 4. The van der Waals surface area contributed by atoms with Gasteiger partial charge in [-0.15, -0.1) is 12.4 Å². The molecule has 24 heavy (non-hydrogen) atoms. The van der Waals surface area contributed by atoms with Gasteiger partial charge in [-0.2, -0.15) is 0 Å². The van der Waals surface area contributed by atoms with E-state index in [2.05, 4.69) is 24.5 Å². The minimum absolute atomic E-state index is 0. The third kappa shape index (κ3) is 4.49. The molecule has 2 N–H and O–H groups in total. The number of amides is 1. The number of benzene rings is 1. The van der Waals surface area contributed by atoms with Gasteiger partial charge < -0.3 is 10.6 Å². The van der Waals surface area contributed by atoms with E-state index in [4.69, 9.17) is 0 Å². The van der Waals surface area contributed by atoms with Crippen molar-refractivity contribution in [2.45, 2.75) is 43.9 Å². The van der Waals surface area contributed by atoms with Gasteiger partial charge in [-0.3, -0.25) is 4.79 Å². The molecule has 0 unspecified atom stereocenters. The van der Waals surface area contributed by atoms with E-state index in [1.165, 1.54) is 5.56 Å². The summed E-state index contributed by atoms with van der Waals surface area (Å²) in [6.45, 7) is 5.70. The molecule has 1 fully saturated rings. The second-order valence-corrected chi connectivity index (χ2v) is 8.92. The number of rotatable bonds is 5. The maximum Gasteiger partial charge on any atom is 0.241 e. The molecule has 1 amide bonds. The predicted octanol–water partition coefficient (Wildman–Crippen LogP) is 2.01. The zero-order valence-electron chi connectivity index (χ0n) is 14.5. The van der Waals surface area contributed by atoms with E-state index in [1.54, 1.807) is 0 Å². The summed E-state index contributed by atoms with van der Waals surface area (Å²) in [7, 11) is -3.46. The molecule has 136 valence electrons. The molecule has 0 aromatic heterocycles. The first kappa shape index (κ1) is 20.9. The van der Waals surface area contributed by atoms with Crippen LogP contribution in [-0.2, 0) is 21.2 Å². The Morgan fingerprint density at radius 1 is 1.21 bits per heavy atom. The van der Waals surface area contributed by atoms with Crippen LogP contribution in [0.4, 0.5) is 0 Å². The van der Waals surface area contributed by atoms with Crippen LogP contribution in [0.1, 0.15) is 43.7 Å². The van der Waals surface area contributed by atoms with E-state index in [0.717, 1.165) is 11.8 Å². The Kier molecular flexibility index (Phi) is 7.25. The van der Waals surface area contributed by atoms with Gasteiger partial charge in [0.05, 0.1) is 0 Å². The zero-order chi connectivity index (χ0) is 17.1. The molecule has 1 aromatic carbocycles. The fourth-order valence-corrected chi connectivity index (χ4v) is 4.32. The summed E-state index contributed by atoms with van der Waals surface area (Å²) in [5.74, 6) is 0.0799. The molecule has 0 saturated carbocycles. The van der Waals surface area contributed by atoms with Crippen molar-refractivity contribution in [2.75, 3.05) is 19.3 Å². The predicted molar refractivity (Wildman–Crippen MR) is 99.3 cm³/mol. The van der Waals surface area contributed by atoms with Crippen molar-refractivity contribution in [1.29, 1.82) is 0 Å². The Morgan fingerprint density at radius 3 is 2.21 bits per heavy atom. The highest BCUT2D eigenvalue weighted by Crippen LogP contribution is 2.28. The van der Waals surface area contributed by atoms with E-state index in [0.29, 0.717) is 38.4 Å². The molecule has 1 heterocycles. The number of carbonyl (C=O) groups excluding carboxylic acids is 1. The van der Waals surface area contributed by atoms with E-state index < -0.39 is 14.6 Å². The fraction of sp³-hybridized carbons (Fsp3) is 0.588. The van der Waals surface area contributed by atoms with Crippen LogP contribution in [0.25, 0.3) is 0 Å². The molecule has 1 saturated heterocycles. The lowest BCUT2D eigenvalue weighted by molar-refractivity contribution is -0.124. The molecule has 1 aliphatic rings. The first-order valence-corrected chi connectivity index (χ1v) is 9.93. The maximum atomic E-state index is 12.6. The quantitative estimate of drug-likeness (QED) is 0.826. The number of sulfone groups is 1. The third-order valence-corrected chi connectivity index (χ3v) is 6.65. The lowest BCUT2D eigenvalue weighted by atomic mass is 9.95. The monoisotopic (exact) mass is 374 g/mol. The standard InChI is InChI=1S/C17H26N2O3S.ClH/c1-13(2)15-6-4-14(5-7-15)12-19-16(20)17(23(3,21)22)8-10-18-11-9-17;/h4-7,13,18H,8-12H2,1-3H3,(H,19,20);1H. The summed E-state index contributed by atoms with van der Waals surface area (Å²) in [6, 6.07) is 8.04. The Morgan fingerprint density at radius 2 is 1.75 bits per heavy atom. The first-order valence-electron chi connectivity index (χ1n) is 8.04. The average Bonchev–Trinajstić information content (AvgIpc) is 2.52. The largest absolute Gasteiger partial charge is 0.351 e. The molecule has 0 bridgehead atoms. The van der Waals surface area contributed by atoms with Crippen LogP contribution >= 0.6 is 12.4 Å². The van der Waals surface area contributed by atoms with Gasteiger partial charge in [0.15, 0.2) is 14.6 Å². The summed E-state index contributed by atoms with van der Waals surface area (Å²) in [5.41, 5.74) is 2.21. The second-order valence-electron chi connectivity index (χ2n) is 6.60. The van der Waals surface area contributed by atoms with Crippen molar-refractivity contribution >= 4 is 28.2 Å². The van der Waals surface area contributed by atoms with Gasteiger partial charge in [0.2, 0.25) is 5.91 Å². The number of hydrogen-bond donors (Lipinski definition) is 2. The van der Waals surface area contributed by atoms with Gasteiger partial charge in [-0.05, 0) is 43.0 Å². The zero-order valence-corrected chi connectivity index (χ0v) is 16.1. The van der Waals surface area contributed by atoms with Crippen LogP contribution in [0.15, 0.2) is 24.3 Å². The van der Waals surface area contributed by atoms with E-state index in [9.17, 15) is 13.2 Å². The van der Waals surface area contributed by atoms with Gasteiger partial charge in [-0.25, -0.2) is 8.42 Å². The van der Waals surface area contributed by atoms with Crippen LogP contribution in [-0.4, -0.2) is 38.4 Å². The SMILES string of the molecule is CC(C)c1ccc(CNC(=O)C2(S(C)(=O)=O)CCNCC2)cc1.Cl. The highest BCUT2D eigenvalue weighted by Gasteiger charge is 2.48. The number of halogens is 1. The summed E-state index contributed by atoms with van der Waals surface area (Å²) in [5, 5.41) is 5.93. The van der Waals surface area contributed by atoms with Crippen molar-refractivity contribution in [3.05, 3.63) is 35.4 Å². The maximum absolute atomic E-state index is 12.6. The average molecular weight is 375 g/mol. The summed E-state index contributed by atoms with van der Waals surface area (Å²) in [6.07, 6.45) is 1.81. The molecule has 0 spiro atoms. The number of piperidine rings is 1. The van der Waals surface area contributed by atoms with Crippen molar-refractivity contribution in [2.24, 2.45) is 0 Å². The summed E-state index contributed by atoms with van der Waals surface area (Å²) in [4.78, 5) is 12.6. The van der Waals surface area contributed by atoms with Crippen LogP contribution in [0, 0.1) is 0 Å². The minimum atomic E-state index is -3.46. The Labute approximate surface area is 150 Å². The molecule has 1 aromatic rings.